The molecule has 0 saturated heterocycles. The zero-order chi connectivity index (χ0) is 15.4. The van der Waals surface area contributed by atoms with Crippen molar-refractivity contribution in [1.29, 1.82) is 0 Å². The minimum atomic E-state index is -0.626. The van der Waals surface area contributed by atoms with Crippen LogP contribution in [0, 0.1) is 17.8 Å². The van der Waals surface area contributed by atoms with Crippen molar-refractivity contribution in [2.45, 2.75) is 63.7 Å². The number of hydrogen-bond acceptors (Lipinski definition) is 1. The quantitative estimate of drug-likeness (QED) is 0.825. The Kier molecular flexibility index (Phi) is 5.17. The van der Waals surface area contributed by atoms with E-state index in [-0.39, 0.29) is 5.92 Å². The minimum Gasteiger partial charge on any atom is -0.481 e. The van der Waals surface area contributed by atoms with Crippen molar-refractivity contribution in [3.05, 3.63) is 35.9 Å². The Balaban J connectivity index is 1.85. The van der Waals surface area contributed by atoms with Gasteiger partial charge in [0.2, 0.25) is 0 Å². The number of rotatable bonds is 4. The number of carboxylic acid groups (broad SMARTS) is 1. The average molecular weight is 300 g/mol. The first kappa shape index (κ1) is 15.6. The Morgan fingerprint density at radius 3 is 2.23 bits per heavy atom. The second-order valence-corrected chi connectivity index (χ2v) is 7.24. The molecule has 2 aliphatic rings. The fourth-order valence-corrected chi connectivity index (χ4v) is 4.98. The number of hydrogen-bond donors (Lipinski definition) is 1. The van der Waals surface area contributed by atoms with E-state index in [1.165, 1.54) is 51.4 Å². The maximum absolute atomic E-state index is 12.0. The number of benzene rings is 1. The Labute approximate surface area is 133 Å². The first-order chi connectivity index (χ1) is 10.8. The summed E-state index contributed by atoms with van der Waals surface area (Å²) in [6.07, 6.45) is 11.5. The van der Waals surface area contributed by atoms with Crippen LogP contribution in [0.4, 0.5) is 0 Å². The molecule has 0 heterocycles. The van der Waals surface area contributed by atoms with Gasteiger partial charge in [-0.3, -0.25) is 4.79 Å². The molecular weight excluding hydrogens is 272 g/mol. The van der Waals surface area contributed by atoms with Gasteiger partial charge in [-0.15, -0.1) is 0 Å². The summed E-state index contributed by atoms with van der Waals surface area (Å²) < 4.78 is 0. The molecule has 2 aliphatic carbocycles. The maximum atomic E-state index is 12.0. The zero-order valence-electron chi connectivity index (χ0n) is 13.4. The Morgan fingerprint density at radius 1 is 0.909 bits per heavy atom. The predicted octanol–water partition coefficient (Wildman–Crippen LogP) is 5.24. The van der Waals surface area contributed by atoms with Gasteiger partial charge >= 0.3 is 5.97 Å². The van der Waals surface area contributed by atoms with Gasteiger partial charge in [-0.05, 0) is 36.2 Å². The fourth-order valence-electron chi connectivity index (χ4n) is 4.98. The molecule has 2 heteroatoms. The van der Waals surface area contributed by atoms with Crippen LogP contribution in [0.3, 0.4) is 0 Å². The van der Waals surface area contributed by atoms with Gasteiger partial charge in [0.05, 0.1) is 5.92 Å². The lowest BCUT2D eigenvalue weighted by Crippen LogP contribution is -2.35. The molecule has 1 aromatic rings. The molecule has 2 fully saturated rings. The molecular formula is C20H28O2. The second kappa shape index (κ2) is 7.30. The van der Waals surface area contributed by atoms with E-state index in [1.807, 2.05) is 30.3 Å². The molecule has 0 unspecified atom stereocenters. The molecule has 0 spiro atoms. The molecule has 0 aromatic heterocycles. The monoisotopic (exact) mass is 300 g/mol. The van der Waals surface area contributed by atoms with Crippen LogP contribution in [0.1, 0.15) is 69.3 Å². The Hall–Kier alpha value is -1.31. The Bertz CT molecular complexity index is 476. The SMILES string of the molecule is O=C(O)[C@@H](c1ccccc1)[C@@H]1CCCC[C@@H]1C1CCCCC1. The fraction of sp³-hybridized carbons (Fsp3) is 0.650. The summed E-state index contributed by atoms with van der Waals surface area (Å²) in [4.78, 5) is 12.0. The number of aliphatic carboxylic acids is 1. The van der Waals surface area contributed by atoms with Crippen LogP contribution in [0.15, 0.2) is 30.3 Å². The van der Waals surface area contributed by atoms with E-state index in [2.05, 4.69) is 0 Å². The first-order valence-electron chi connectivity index (χ1n) is 9.05. The molecule has 1 aromatic carbocycles. The molecule has 0 radical (unpaired) electrons. The topological polar surface area (TPSA) is 37.3 Å². The standard InChI is InChI=1S/C20H28O2/c21-20(22)19(16-11-5-2-6-12-16)18-14-8-7-13-17(18)15-9-3-1-4-10-15/h2,5-6,11-12,15,17-19H,1,3-4,7-10,13-14H2,(H,21,22)/t17-,18-,19+/m1/s1. The Morgan fingerprint density at radius 2 is 1.55 bits per heavy atom. The third kappa shape index (κ3) is 3.37. The van der Waals surface area contributed by atoms with Crippen molar-refractivity contribution in [1.82, 2.24) is 0 Å². The van der Waals surface area contributed by atoms with E-state index in [4.69, 9.17) is 0 Å². The lowest BCUT2D eigenvalue weighted by Gasteiger charge is -2.41. The maximum Gasteiger partial charge on any atom is 0.311 e. The van der Waals surface area contributed by atoms with Crippen molar-refractivity contribution in [3.8, 4) is 0 Å². The lowest BCUT2D eigenvalue weighted by atomic mass is 9.63. The van der Waals surface area contributed by atoms with Gasteiger partial charge in [0.15, 0.2) is 0 Å². The van der Waals surface area contributed by atoms with E-state index in [1.54, 1.807) is 0 Å². The molecule has 2 nitrogen and oxygen atoms in total. The highest BCUT2D eigenvalue weighted by Gasteiger charge is 2.40. The summed E-state index contributed by atoms with van der Waals surface area (Å²) in [7, 11) is 0. The molecule has 0 bridgehead atoms. The lowest BCUT2D eigenvalue weighted by molar-refractivity contribution is -0.141. The van der Waals surface area contributed by atoms with Gasteiger partial charge in [-0.25, -0.2) is 0 Å². The van der Waals surface area contributed by atoms with Crippen molar-refractivity contribution in [2.24, 2.45) is 17.8 Å². The van der Waals surface area contributed by atoms with Crippen molar-refractivity contribution >= 4 is 5.97 Å². The normalized spacial score (nSPS) is 28.2. The molecule has 2 saturated carbocycles. The highest BCUT2D eigenvalue weighted by molar-refractivity contribution is 5.76. The first-order valence-corrected chi connectivity index (χ1v) is 9.05. The average Bonchev–Trinajstić information content (AvgIpc) is 2.57. The van der Waals surface area contributed by atoms with Crippen LogP contribution in [-0.4, -0.2) is 11.1 Å². The van der Waals surface area contributed by atoms with E-state index >= 15 is 0 Å². The molecule has 3 atom stereocenters. The molecule has 22 heavy (non-hydrogen) atoms. The van der Waals surface area contributed by atoms with Crippen LogP contribution < -0.4 is 0 Å². The summed E-state index contributed by atoms with van der Waals surface area (Å²) >= 11 is 0. The summed E-state index contributed by atoms with van der Waals surface area (Å²) in [6.45, 7) is 0. The van der Waals surface area contributed by atoms with E-state index in [0.717, 1.165) is 17.9 Å². The van der Waals surface area contributed by atoms with Crippen molar-refractivity contribution in [3.63, 3.8) is 0 Å². The van der Waals surface area contributed by atoms with Gasteiger partial charge in [-0.2, -0.15) is 0 Å². The van der Waals surface area contributed by atoms with Crippen LogP contribution >= 0.6 is 0 Å². The second-order valence-electron chi connectivity index (χ2n) is 7.24. The zero-order valence-corrected chi connectivity index (χ0v) is 13.4. The van der Waals surface area contributed by atoms with Crippen molar-refractivity contribution < 1.29 is 9.90 Å². The van der Waals surface area contributed by atoms with Crippen LogP contribution in [0.25, 0.3) is 0 Å². The smallest absolute Gasteiger partial charge is 0.311 e. The molecule has 0 aliphatic heterocycles. The molecule has 3 rings (SSSR count). The van der Waals surface area contributed by atoms with Crippen molar-refractivity contribution in [2.75, 3.05) is 0 Å². The van der Waals surface area contributed by atoms with Crippen LogP contribution in [0.5, 0.6) is 0 Å². The highest BCUT2D eigenvalue weighted by Crippen LogP contribution is 2.47. The van der Waals surface area contributed by atoms with Gasteiger partial charge in [-0.1, -0.05) is 75.3 Å². The summed E-state index contributed by atoms with van der Waals surface area (Å²) in [5.41, 5.74) is 1.00. The van der Waals surface area contributed by atoms with Gasteiger partial charge < -0.3 is 5.11 Å². The van der Waals surface area contributed by atoms with Gasteiger partial charge in [0, 0.05) is 0 Å². The molecule has 120 valence electrons. The van der Waals surface area contributed by atoms with Crippen LogP contribution in [-0.2, 0) is 4.79 Å². The highest BCUT2D eigenvalue weighted by atomic mass is 16.4. The molecule has 1 N–H and O–H groups in total. The van der Waals surface area contributed by atoms with Gasteiger partial charge in [0.25, 0.3) is 0 Å². The van der Waals surface area contributed by atoms with Crippen LogP contribution in [0.2, 0.25) is 0 Å². The van der Waals surface area contributed by atoms with Gasteiger partial charge in [0.1, 0.15) is 0 Å². The minimum absolute atomic E-state index is 0.312. The summed E-state index contributed by atoms with van der Waals surface area (Å²) in [5.74, 6) is 0.782. The number of carbonyl (C=O) groups is 1. The summed E-state index contributed by atoms with van der Waals surface area (Å²) in [5, 5.41) is 9.90. The third-order valence-electron chi connectivity index (χ3n) is 5.98. The van der Waals surface area contributed by atoms with E-state index in [0.29, 0.717) is 11.8 Å². The largest absolute Gasteiger partial charge is 0.481 e. The molecule has 0 amide bonds. The number of carboxylic acids is 1. The van der Waals surface area contributed by atoms with E-state index < -0.39 is 5.97 Å². The summed E-state index contributed by atoms with van der Waals surface area (Å²) in [6, 6.07) is 9.94. The predicted molar refractivity (Wildman–Crippen MR) is 88.8 cm³/mol. The van der Waals surface area contributed by atoms with E-state index in [9.17, 15) is 9.90 Å². The third-order valence-corrected chi connectivity index (χ3v) is 5.98.